The SMILES string of the molecule is CCC1(CC)C(=O)NC(=O)N(C2CCCC(C)(C)C2)C1=O. The van der Waals surface area contributed by atoms with Crippen molar-refractivity contribution in [3.05, 3.63) is 0 Å². The predicted octanol–water partition coefficient (Wildman–Crippen LogP) is 2.84. The number of amides is 4. The molecule has 1 saturated heterocycles. The minimum atomic E-state index is -1.07. The molecule has 5 nitrogen and oxygen atoms in total. The van der Waals surface area contributed by atoms with Crippen molar-refractivity contribution < 1.29 is 14.4 Å². The van der Waals surface area contributed by atoms with E-state index in [4.69, 9.17) is 0 Å². The van der Waals surface area contributed by atoms with Gasteiger partial charge in [-0.25, -0.2) is 4.79 Å². The van der Waals surface area contributed by atoms with Crippen LogP contribution in [0.4, 0.5) is 4.79 Å². The van der Waals surface area contributed by atoms with Crippen LogP contribution in [0.3, 0.4) is 0 Å². The highest BCUT2D eigenvalue weighted by Crippen LogP contribution is 2.40. The second-order valence-corrected chi connectivity index (χ2v) is 7.14. The number of hydrogen-bond donors (Lipinski definition) is 1. The number of carbonyl (C=O) groups excluding carboxylic acids is 3. The second kappa shape index (κ2) is 5.43. The van der Waals surface area contributed by atoms with E-state index in [0.29, 0.717) is 12.8 Å². The van der Waals surface area contributed by atoms with E-state index in [1.165, 1.54) is 4.90 Å². The lowest BCUT2D eigenvalue weighted by molar-refractivity contribution is -0.154. The first-order valence-electron chi connectivity index (χ1n) is 7.96. The smallest absolute Gasteiger partial charge is 0.277 e. The summed E-state index contributed by atoms with van der Waals surface area (Å²) in [7, 11) is 0. The highest BCUT2D eigenvalue weighted by molar-refractivity contribution is 6.19. The zero-order valence-electron chi connectivity index (χ0n) is 13.5. The Bertz CT molecular complexity index is 466. The van der Waals surface area contributed by atoms with Crippen LogP contribution in [0.1, 0.15) is 66.2 Å². The Kier molecular flexibility index (Phi) is 4.13. The summed E-state index contributed by atoms with van der Waals surface area (Å²) < 4.78 is 0. The van der Waals surface area contributed by atoms with Gasteiger partial charge in [0.1, 0.15) is 5.41 Å². The number of urea groups is 1. The molecule has 0 spiro atoms. The van der Waals surface area contributed by atoms with Gasteiger partial charge in [0.15, 0.2) is 0 Å². The summed E-state index contributed by atoms with van der Waals surface area (Å²) in [6.07, 6.45) is 4.61. The van der Waals surface area contributed by atoms with E-state index >= 15 is 0 Å². The van der Waals surface area contributed by atoms with Gasteiger partial charge in [0, 0.05) is 6.04 Å². The molecule has 5 heteroatoms. The fraction of sp³-hybridized carbons (Fsp3) is 0.812. The third-order valence-electron chi connectivity index (χ3n) is 5.25. The van der Waals surface area contributed by atoms with Crippen molar-refractivity contribution in [1.29, 1.82) is 0 Å². The highest BCUT2D eigenvalue weighted by atomic mass is 16.2. The minimum absolute atomic E-state index is 0.0909. The number of rotatable bonds is 3. The van der Waals surface area contributed by atoms with Crippen molar-refractivity contribution in [3.63, 3.8) is 0 Å². The molecular formula is C16H26N2O3. The van der Waals surface area contributed by atoms with Crippen LogP contribution in [0.5, 0.6) is 0 Å². The van der Waals surface area contributed by atoms with Crippen LogP contribution in [0, 0.1) is 10.8 Å². The molecule has 0 bridgehead atoms. The van der Waals surface area contributed by atoms with Gasteiger partial charge in [-0.2, -0.15) is 0 Å². The van der Waals surface area contributed by atoms with Crippen LogP contribution in [-0.2, 0) is 9.59 Å². The first-order valence-corrected chi connectivity index (χ1v) is 7.96. The van der Waals surface area contributed by atoms with Crippen molar-refractivity contribution in [2.45, 2.75) is 72.3 Å². The third-order valence-corrected chi connectivity index (χ3v) is 5.25. The molecule has 1 aliphatic carbocycles. The lowest BCUT2D eigenvalue weighted by Crippen LogP contribution is -2.66. The lowest BCUT2D eigenvalue weighted by atomic mass is 9.73. The zero-order chi connectivity index (χ0) is 15.8. The lowest BCUT2D eigenvalue weighted by Gasteiger charge is -2.45. The molecule has 2 aliphatic rings. The normalized spacial score (nSPS) is 28.5. The van der Waals surface area contributed by atoms with E-state index in [-0.39, 0.29) is 17.4 Å². The largest absolute Gasteiger partial charge is 0.331 e. The van der Waals surface area contributed by atoms with E-state index in [1.54, 1.807) is 0 Å². The Hall–Kier alpha value is -1.39. The maximum Gasteiger partial charge on any atom is 0.331 e. The molecule has 2 rings (SSSR count). The molecule has 1 aliphatic heterocycles. The van der Waals surface area contributed by atoms with E-state index in [1.807, 2.05) is 13.8 Å². The molecule has 1 heterocycles. The number of nitrogens with one attached hydrogen (secondary N) is 1. The fourth-order valence-corrected chi connectivity index (χ4v) is 3.78. The van der Waals surface area contributed by atoms with Gasteiger partial charge in [-0.1, -0.05) is 34.1 Å². The predicted molar refractivity (Wildman–Crippen MR) is 79.4 cm³/mol. The molecule has 0 radical (unpaired) electrons. The average Bonchev–Trinajstić information content (AvgIpc) is 2.38. The van der Waals surface area contributed by atoms with Gasteiger partial charge in [-0.05, 0) is 37.5 Å². The van der Waals surface area contributed by atoms with Crippen LogP contribution in [0.25, 0.3) is 0 Å². The van der Waals surface area contributed by atoms with Crippen molar-refractivity contribution in [2.24, 2.45) is 10.8 Å². The topological polar surface area (TPSA) is 66.5 Å². The van der Waals surface area contributed by atoms with Gasteiger partial charge < -0.3 is 0 Å². The Morgan fingerprint density at radius 3 is 2.33 bits per heavy atom. The van der Waals surface area contributed by atoms with Crippen LogP contribution in [0.15, 0.2) is 0 Å². The van der Waals surface area contributed by atoms with Crippen LogP contribution in [0.2, 0.25) is 0 Å². The van der Waals surface area contributed by atoms with Gasteiger partial charge in [-0.3, -0.25) is 19.8 Å². The number of hydrogen-bond acceptors (Lipinski definition) is 3. The summed E-state index contributed by atoms with van der Waals surface area (Å²) in [5.74, 6) is -0.738. The molecule has 1 N–H and O–H groups in total. The second-order valence-electron chi connectivity index (χ2n) is 7.14. The van der Waals surface area contributed by atoms with Crippen molar-refractivity contribution in [2.75, 3.05) is 0 Å². The van der Waals surface area contributed by atoms with Crippen LogP contribution >= 0.6 is 0 Å². The van der Waals surface area contributed by atoms with Crippen molar-refractivity contribution >= 4 is 17.8 Å². The zero-order valence-corrected chi connectivity index (χ0v) is 13.5. The Morgan fingerprint density at radius 1 is 1.19 bits per heavy atom. The first kappa shape index (κ1) is 16.0. The summed E-state index contributed by atoms with van der Waals surface area (Å²) >= 11 is 0. The summed E-state index contributed by atoms with van der Waals surface area (Å²) in [6.45, 7) is 8.01. The summed E-state index contributed by atoms with van der Waals surface area (Å²) in [5, 5.41) is 2.40. The Labute approximate surface area is 126 Å². The Morgan fingerprint density at radius 2 is 1.81 bits per heavy atom. The molecule has 1 unspecified atom stereocenters. The Balaban J connectivity index is 2.32. The molecule has 2 fully saturated rings. The van der Waals surface area contributed by atoms with E-state index < -0.39 is 17.4 Å². The molecule has 0 aromatic heterocycles. The molecule has 118 valence electrons. The number of barbiturate groups is 1. The summed E-state index contributed by atoms with van der Waals surface area (Å²) in [5.41, 5.74) is -0.943. The molecule has 4 amide bonds. The summed E-state index contributed by atoms with van der Waals surface area (Å²) in [4.78, 5) is 38.6. The minimum Gasteiger partial charge on any atom is -0.277 e. The van der Waals surface area contributed by atoms with Gasteiger partial charge >= 0.3 is 6.03 Å². The van der Waals surface area contributed by atoms with Gasteiger partial charge in [0.05, 0.1) is 0 Å². The standard InChI is InChI=1S/C16H26N2O3/c1-5-16(6-2)12(19)17-14(21)18(13(16)20)11-8-7-9-15(3,4)10-11/h11H,5-10H2,1-4H3,(H,17,19,21). The molecular weight excluding hydrogens is 268 g/mol. The highest BCUT2D eigenvalue weighted by Gasteiger charge is 2.53. The van der Waals surface area contributed by atoms with Gasteiger partial charge in [-0.15, -0.1) is 0 Å². The van der Waals surface area contributed by atoms with Gasteiger partial charge in [0.2, 0.25) is 11.8 Å². The number of nitrogens with zero attached hydrogens (tertiary/aromatic N) is 1. The van der Waals surface area contributed by atoms with Crippen LogP contribution < -0.4 is 5.32 Å². The van der Waals surface area contributed by atoms with Gasteiger partial charge in [0.25, 0.3) is 0 Å². The van der Waals surface area contributed by atoms with E-state index in [0.717, 1.165) is 25.7 Å². The fourth-order valence-electron chi connectivity index (χ4n) is 3.78. The molecule has 1 saturated carbocycles. The van der Waals surface area contributed by atoms with E-state index in [2.05, 4.69) is 19.2 Å². The van der Waals surface area contributed by atoms with Crippen molar-refractivity contribution in [3.8, 4) is 0 Å². The van der Waals surface area contributed by atoms with Crippen LogP contribution in [-0.4, -0.2) is 28.8 Å². The molecule has 0 aromatic rings. The molecule has 1 atom stereocenters. The maximum absolute atomic E-state index is 12.9. The first-order chi connectivity index (χ1) is 9.77. The van der Waals surface area contributed by atoms with Crippen molar-refractivity contribution in [1.82, 2.24) is 10.2 Å². The number of carbonyl (C=O) groups is 3. The van der Waals surface area contributed by atoms with E-state index in [9.17, 15) is 14.4 Å². The molecule has 21 heavy (non-hydrogen) atoms. The molecule has 0 aromatic carbocycles. The maximum atomic E-state index is 12.9. The quantitative estimate of drug-likeness (QED) is 0.814. The monoisotopic (exact) mass is 294 g/mol. The summed E-state index contributed by atoms with van der Waals surface area (Å²) in [6, 6.07) is -0.628. The number of imide groups is 2. The third kappa shape index (κ3) is 2.58. The average molecular weight is 294 g/mol.